The maximum absolute atomic E-state index is 12.9. The molecule has 25 heavy (non-hydrogen) atoms. The number of carboxylic acid groups (broad SMARTS) is 1. The quantitative estimate of drug-likeness (QED) is 0.827. The summed E-state index contributed by atoms with van der Waals surface area (Å²) in [6, 6.07) is 5.89. The number of amides is 1. The highest BCUT2D eigenvalue weighted by molar-refractivity contribution is 5.80. The number of fused-ring (bicyclic) bond motifs is 1. The molecule has 3 unspecified atom stereocenters. The normalized spacial score (nSPS) is 26.2. The van der Waals surface area contributed by atoms with Crippen LogP contribution in [0.2, 0.25) is 0 Å². The highest BCUT2D eigenvalue weighted by atomic mass is 19.1. The molecule has 1 aliphatic heterocycles. The summed E-state index contributed by atoms with van der Waals surface area (Å²) in [6.07, 6.45) is 5.60. The molecule has 2 fully saturated rings. The third kappa shape index (κ3) is 4.37. The molecule has 1 aromatic carbocycles. The van der Waals surface area contributed by atoms with E-state index in [-0.39, 0.29) is 24.3 Å². The highest BCUT2D eigenvalue weighted by Gasteiger charge is 2.45. The van der Waals surface area contributed by atoms with Gasteiger partial charge in [-0.15, -0.1) is 0 Å². The van der Waals surface area contributed by atoms with Gasteiger partial charge < -0.3 is 10.4 Å². The van der Waals surface area contributed by atoms with Gasteiger partial charge in [0.25, 0.3) is 0 Å². The molecule has 1 aliphatic carbocycles. The third-order valence-corrected chi connectivity index (χ3v) is 5.48. The Morgan fingerprint density at radius 3 is 2.64 bits per heavy atom. The summed E-state index contributed by atoms with van der Waals surface area (Å²) in [6.45, 7) is 0.603. The van der Waals surface area contributed by atoms with Crippen molar-refractivity contribution in [1.82, 2.24) is 10.2 Å². The first kappa shape index (κ1) is 17.9. The van der Waals surface area contributed by atoms with Crippen LogP contribution < -0.4 is 5.32 Å². The fourth-order valence-corrected chi connectivity index (χ4v) is 4.24. The molecule has 1 saturated heterocycles. The summed E-state index contributed by atoms with van der Waals surface area (Å²) in [4.78, 5) is 25.7. The van der Waals surface area contributed by atoms with Crippen LogP contribution in [0.25, 0.3) is 0 Å². The van der Waals surface area contributed by atoms with Gasteiger partial charge in [-0.3, -0.25) is 14.5 Å². The van der Waals surface area contributed by atoms with Gasteiger partial charge in [0.2, 0.25) is 5.91 Å². The van der Waals surface area contributed by atoms with Crippen molar-refractivity contribution >= 4 is 11.9 Å². The summed E-state index contributed by atoms with van der Waals surface area (Å²) >= 11 is 0. The van der Waals surface area contributed by atoms with Crippen molar-refractivity contribution in [3.05, 3.63) is 35.6 Å². The van der Waals surface area contributed by atoms with Crippen LogP contribution >= 0.6 is 0 Å². The summed E-state index contributed by atoms with van der Waals surface area (Å²) in [7, 11) is 0. The number of rotatable bonds is 6. The molecule has 1 heterocycles. The van der Waals surface area contributed by atoms with Gasteiger partial charge in [-0.2, -0.15) is 0 Å². The van der Waals surface area contributed by atoms with Gasteiger partial charge in [-0.05, 0) is 49.3 Å². The Kier molecular flexibility index (Phi) is 5.68. The van der Waals surface area contributed by atoms with Crippen LogP contribution in [0, 0.1) is 11.7 Å². The summed E-state index contributed by atoms with van der Waals surface area (Å²) < 4.78 is 12.9. The number of likely N-dealkylation sites (tertiary alicyclic amines) is 1. The summed E-state index contributed by atoms with van der Waals surface area (Å²) in [5, 5.41) is 12.3. The smallest absolute Gasteiger partial charge is 0.320 e. The topological polar surface area (TPSA) is 69.6 Å². The predicted molar refractivity (Wildman–Crippen MR) is 91.6 cm³/mol. The largest absolute Gasteiger partial charge is 0.480 e. The average Bonchev–Trinajstić information content (AvgIpc) is 2.96. The SMILES string of the molecule is O=C(CN1C(C(=O)O)CC2CCCCC21)NCCc1ccc(F)cc1. The van der Waals surface area contributed by atoms with Crippen LogP contribution in [-0.2, 0) is 16.0 Å². The number of halogens is 1. The van der Waals surface area contributed by atoms with Crippen molar-refractivity contribution in [3.63, 3.8) is 0 Å². The molecular formula is C19H25FN2O3. The molecule has 5 nitrogen and oxygen atoms in total. The molecule has 1 saturated carbocycles. The van der Waals surface area contributed by atoms with Crippen molar-refractivity contribution in [2.24, 2.45) is 5.92 Å². The van der Waals surface area contributed by atoms with Gasteiger partial charge in [0.1, 0.15) is 11.9 Å². The molecule has 6 heteroatoms. The maximum Gasteiger partial charge on any atom is 0.320 e. The number of carboxylic acids is 1. The minimum atomic E-state index is -0.825. The van der Waals surface area contributed by atoms with Crippen molar-refractivity contribution in [2.45, 2.75) is 50.6 Å². The Hall–Kier alpha value is -1.95. The fraction of sp³-hybridized carbons (Fsp3) is 0.579. The monoisotopic (exact) mass is 348 g/mol. The lowest BCUT2D eigenvalue weighted by molar-refractivity contribution is -0.143. The second-order valence-electron chi connectivity index (χ2n) is 7.10. The van der Waals surface area contributed by atoms with Gasteiger partial charge in [0.05, 0.1) is 6.54 Å². The second kappa shape index (κ2) is 7.95. The first-order valence-corrected chi connectivity index (χ1v) is 9.04. The molecule has 0 radical (unpaired) electrons. The van der Waals surface area contributed by atoms with Crippen LogP contribution in [0.1, 0.15) is 37.7 Å². The number of hydrogen-bond donors (Lipinski definition) is 2. The van der Waals surface area contributed by atoms with Crippen molar-refractivity contribution in [1.29, 1.82) is 0 Å². The van der Waals surface area contributed by atoms with Crippen LogP contribution in [0.4, 0.5) is 4.39 Å². The molecule has 3 rings (SSSR count). The number of nitrogens with one attached hydrogen (secondary N) is 1. The zero-order valence-electron chi connectivity index (χ0n) is 14.3. The average molecular weight is 348 g/mol. The summed E-state index contributed by atoms with van der Waals surface area (Å²) in [5.74, 6) is -0.835. The van der Waals surface area contributed by atoms with Gasteiger partial charge in [0.15, 0.2) is 0 Å². The van der Waals surface area contributed by atoms with Gasteiger partial charge >= 0.3 is 5.97 Å². The van der Waals surface area contributed by atoms with E-state index in [4.69, 9.17) is 0 Å². The van der Waals surface area contributed by atoms with E-state index < -0.39 is 12.0 Å². The molecule has 1 aromatic rings. The van der Waals surface area contributed by atoms with E-state index in [1.54, 1.807) is 12.1 Å². The van der Waals surface area contributed by atoms with E-state index in [1.165, 1.54) is 12.1 Å². The Morgan fingerprint density at radius 2 is 1.92 bits per heavy atom. The zero-order valence-corrected chi connectivity index (χ0v) is 14.3. The zero-order chi connectivity index (χ0) is 17.8. The lowest BCUT2D eigenvalue weighted by Gasteiger charge is -2.32. The molecule has 0 aromatic heterocycles. The summed E-state index contributed by atoms with van der Waals surface area (Å²) in [5.41, 5.74) is 0.957. The Bertz CT molecular complexity index is 620. The van der Waals surface area contributed by atoms with E-state index in [2.05, 4.69) is 5.32 Å². The van der Waals surface area contributed by atoms with Crippen molar-refractivity contribution in [2.75, 3.05) is 13.1 Å². The number of benzene rings is 1. The molecule has 1 amide bonds. The van der Waals surface area contributed by atoms with E-state index in [0.29, 0.717) is 25.3 Å². The number of nitrogens with zero attached hydrogens (tertiary/aromatic N) is 1. The number of aliphatic carboxylic acids is 1. The molecule has 2 aliphatic rings. The van der Waals surface area contributed by atoms with E-state index >= 15 is 0 Å². The predicted octanol–water partition coefficient (Wildman–Crippen LogP) is 2.20. The standard InChI is InChI=1S/C19H25FN2O3/c20-15-7-5-13(6-8-15)9-10-21-18(23)12-22-16-4-2-1-3-14(16)11-17(22)19(24)25/h5-8,14,16-17H,1-4,9-12H2,(H,21,23)(H,24,25). The van der Waals surface area contributed by atoms with Crippen LogP contribution in [0.15, 0.2) is 24.3 Å². The third-order valence-electron chi connectivity index (χ3n) is 5.48. The lowest BCUT2D eigenvalue weighted by Crippen LogP contribution is -2.47. The van der Waals surface area contributed by atoms with Crippen LogP contribution in [0.3, 0.4) is 0 Å². The van der Waals surface area contributed by atoms with Crippen LogP contribution in [0.5, 0.6) is 0 Å². The molecule has 136 valence electrons. The number of carbonyl (C=O) groups excluding carboxylic acids is 1. The lowest BCUT2D eigenvalue weighted by atomic mass is 9.85. The Morgan fingerprint density at radius 1 is 1.20 bits per heavy atom. The van der Waals surface area contributed by atoms with Gasteiger partial charge in [0, 0.05) is 12.6 Å². The van der Waals surface area contributed by atoms with Crippen molar-refractivity contribution in [3.8, 4) is 0 Å². The fourth-order valence-electron chi connectivity index (χ4n) is 4.24. The highest BCUT2D eigenvalue weighted by Crippen LogP contribution is 2.39. The van der Waals surface area contributed by atoms with Crippen molar-refractivity contribution < 1.29 is 19.1 Å². The molecule has 0 bridgehead atoms. The minimum Gasteiger partial charge on any atom is -0.480 e. The van der Waals surface area contributed by atoms with E-state index in [1.807, 2.05) is 4.90 Å². The maximum atomic E-state index is 12.9. The van der Waals surface area contributed by atoms with E-state index in [9.17, 15) is 19.1 Å². The molecule has 2 N–H and O–H groups in total. The molecule has 0 spiro atoms. The minimum absolute atomic E-state index is 0.139. The van der Waals surface area contributed by atoms with Crippen LogP contribution in [-0.4, -0.2) is 47.1 Å². The first-order chi connectivity index (χ1) is 12.0. The second-order valence-corrected chi connectivity index (χ2v) is 7.10. The molecular weight excluding hydrogens is 323 g/mol. The van der Waals surface area contributed by atoms with Gasteiger partial charge in [-0.25, -0.2) is 4.39 Å². The Balaban J connectivity index is 1.51. The number of hydrogen-bond acceptors (Lipinski definition) is 3. The molecule has 3 atom stereocenters. The Labute approximate surface area is 147 Å². The first-order valence-electron chi connectivity index (χ1n) is 9.04. The van der Waals surface area contributed by atoms with E-state index in [0.717, 1.165) is 31.2 Å². The number of carbonyl (C=O) groups is 2. The van der Waals surface area contributed by atoms with Gasteiger partial charge in [-0.1, -0.05) is 25.0 Å².